The summed E-state index contributed by atoms with van der Waals surface area (Å²) in [5, 5.41) is 18.6. The highest BCUT2D eigenvalue weighted by atomic mass is 32.2. The summed E-state index contributed by atoms with van der Waals surface area (Å²) < 4.78 is 60.9. The van der Waals surface area contributed by atoms with Gasteiger partial charge in [-0.15, -0.1) is 5.11 Å². The third-order valence-electron chi connectivity index (χ3n) is 4.79. The van der Waals surface area contributed by atoms with Crippen LogP contribution in [0.5, 0.6) is 5.75 Å². The van der Waals surface area contributed by atoms with E-state index in [0.29, 0.717) is 11.4 Å². The number of phenolic OH excluding ortho intramolecular Hbond substituents is 1. The van der Waals surface area contributed by atoms with Crippen molar-refractivity contribution in [3.05, 3.63) is 78.9 Å². The molecule has 34 heavy (non-hydrogen) atoms. The Hall–Kier alpha value is -4.00. The summed E-state index contributed by atoms with van der Waals surface area (Å²) in [6.07, 6.45) is 0. The molecule has 0 saturated carbocycles. The Morgan fingerprint density at radius 2 is 1.47 bits per heavy atom. The van der Waals surface area contributed by atoms with Gasteiger partial charge in [-0.05, 0) is 54.6 Å². The molecular formula is C22H18N4O6S2. The number of nitrogens with zero attached hydrogens (tertiary/aromatic N) is 2. The number of para-hydroxylation sites is 1. The van der Waals surface area contributed by atoms with Gasteiger partial charge in [0.1, 0.15) is 16.3 Å². The standard InChI is InChI=1S/C22H18N4O6S2/c23-14-6-11-18-19(12-14)20(27)13-21(34(30,31)32)22(18)25-24-15-7-9-17(10-8-15)33(28,29)26-16-4-2-1-3-5-16/h1-13,26-27H,23H2,(H,30,31,32). The Balaban J connectivity index is 1.70. The third-order valence-corrected chi connectivity index (χ3v) is 7.06. The lowest BCUT2D eigenvalue weighted by atomic mass is 10.1. The number of fused-ring (bicyclic) bond motifs is 1. The highest BCUT2D eigenvalue weighted by Gasteiger charge is 2.21. The van der Waals surface area contributed by atoms with Gasteiger partial charge in [0.2, 0.25) is 0 Å². The number of sulfonamides is 1. The molecule has 0 fully saturated rings. The summed E-state index contributed by atoms with van der Waals surface area (Å²) in [4.78, 5) is -0.656. The largest absolute Gasteiger partial charge is 0.507 e. The van der Waals surface area contributed by atoms with E-state index in [1.165, 1.54) is 42.5 Å². The van der Waals surface area contributed by atoms with Gasteiger partial charge in [0.25, 0.3) is 20.1 Å². The lowest BCUT2D eigenvalue weighted by molar-refractivity contribution is 0.471. The maximum Gasteiger partial charge on any atom is 0.296 e. The van der Waals surface area contributed by atoms with Crippen molar-refractivity contribution in [1.29, 1.82) is 0 Å². The zero-order valence-corrected chi connectivity index (χ0v) is 19.0. The van der Waals surface area contributed by atoms with Crippen LogP contribution < -0.4 is 10.5 Å². The molecule has 0 heterocycles. The van der Waals surface area contributed by atoms with Crippen LogP contribution in [0.2, 0.25) is 0 Å². The Labute approximate surface area is 195 Å². The van der Waals surface area contributed by atoms with Crippen molar-refractivity contribution in [3.8, 4) is 5.75 Å². The highest BCUT2D eigenvalue weighted by molar-refractivity contribution is 7.92. The summed E-state index contributed by atoms with van der Waals surface area (Å²) in [6.45, 7) is 0. The number of nitrogens with one attached hydrogen (secondary N) is 1. The second kappa shape index (κ2) is 8.74. The minimum Gasteiger partial charge on any atom is -0.507 e. The molecule has 5 N–H and O–H groups in total. The molecule has 4 rings (SSSR count). The van der Waals surface area contributed by atoms with Crippen molar-refractivity contribution in [2.24, 2.45) is 10.2 Å². The van der Waals surface area contributed by atoms with Crippen LogP contribution in [0.3, 0.4) is 0 Å². The van der Waals surface area contributed by atoms with Gasteiger partial charge in [-0.25, -0.2) is 8.42 Å². The first-order valence-corrected chi connectivity index (χ1v) is 12.6. The van der Waals surface area contributed by atoms with Crippen molar-refractivity contribution in [2.75, 3.05) is 10.5 Å². The van der Waals surface area contributed by atoms with Crippen LogP contribution in [0.1, 0.15) is 0 Å². The molecule has 0 atom stereocenters. The molecule has 0 radical (unpaired) electrons. The van der Waals surface area contributed by atoms with Crippen LogP contribution in [-0.2, 0) is 20.1 Å². The molecule has 0 bridgehead atoms. The smallest absolute Gasteiger partial charge is 0.296 e. The second-order valence-electron chi connectivity index (χ2n) is 7.19. The maximum atomic E-state index is 12.6. The van der Waals surface area contributed by atoms with Crippen LogP contribution in [0.15, 0.2) is 98.9 Å². The van der Waals surface area contributed by atoms with E-state index in [1.54, 1.807) is 30.3 Å². The first-order chi connectivity index (χ1) is 16.0. The summed E-state index contributed by atoms with van der Waals surface area (Å²) in [6, 6.07) is 19.0. The van der Waals surface area contributed by atoms with Crippen LogP contribution in [0.25, 0.3) is 10.8 Å². The number of rotatable bonds is 6. The van der Waals surface area contributed by atoms with E-state index in [1.807, 2.05) is 0 Å². The fourth-order valence-corrected chi connectivity index (χ4v) is 4.92. The van der Waals surface area contributed by atoms with Crippen LogP contribution in [0, 0.1) is 0 Å². The molecule has 0 aromatic heterocycles. The normalized spacial score (nSPS) is 12.3. The molecule has 12 heteroatoms. The predicted molar refractivity (Wildman–Crippen MR) is 128 cm³/mol. The number of aromatic hydroxyl groups is 1. The monoisotopic (exact) mass is 498 g/mol. The van der Waals surface area contributed by atoms with E-state index in [2.05, 4.69) is 15.0 Å². The quantitative estimate of drug-likeness (QED) is 0.171. The molecule has 0 amide bonds. The number of nitrogens with two attached hydrogens (primary N) is 1. The van der Waals surface area contributed by atoms with Gasteiger partial charge in [0.05, 0.1) is 10.6 Å². The lowest BCUT2D eigenvalue weighted by Gasteiger charge is -2.09. The summed E-state index contributed by atoms with van der Waals surface area (Å²) >= 11 is 0. The van der Waals surface area contributed by atoms with E-state index in [9.17, 15) is 26.5 Å². The Bertz CT molecular complexity index is 1620. The molecule has 0 aliphatic heterocycles. The number of hydrogen-bond donors (Lipinski definition) is 4. The van der Waals surface area contributed by atoms with Gasteiger partial charge >= 0.3 is 0 Å². The van der Waals surface area contributed by atoms with E-state index in [0.717, 1.165) is 6.07 Å². The molecule has 0 spiro atoms. The number of phenols is 1. The first kappa shape index (κ1) is 23.2. The average Bonchev–Trinajstić information content (AvgIpc) is 2.78. The molecule has 10 nitrogen and oxygen atoms in total. The van der Waals surface area contributed by atoms with Crippen LogP contribution in [0.4, 0.5) is 22.7 Å². The zero-order chi connectivity index (χ0) is 24.5. The molecular weight excluding hydrogens is 480 g/mol. The number of benzene rings is 4. The third kappa shape index (κ3) is 4.83. The van der Waals surface area contributed by atoms with Gasteiger partial charge < -0.3 is 10.8 Å². The van der Waals surface area contributed by atoms with Gasteiger partial charge in [-0.1, -0.05) is 18.2 Å². The van der Waals surface area contributed by atoms with Crippen LogP contribution >= 0.6 is 0 Å². The van der Waals surface area contributed by atoms with Crippen molar-refractivity contribution < 1.29 is 26.5 Å². The number of nitrogen functional groups attached to an aromatic ring is 1. The lowest BCUT2D eigenvalue weighted by Crippen LogP contribution is -2.12. The molecule has 0 saturated heterocycles. The maximum absolute atomic E-state index is 12.6. The topological polar surface area (TPSA) is 172 Å². The average molecular weight is 499 g/mol. The molecule has 174 valence electrons. The molecule has 4 aromatic carbocycles. The van der Waals surface area contributed by atoms with E-state index >= 15 is 0 Å². The van der Waals surface area contributed by atoms with Gasteiger partial charge in [0.15, 0.2) is 0 Å². The SMILES string of the molecule is Nc1ccc2c(N=Nc3ccc(S(=O)(=O)Nc4ccccc4)cc3)c(S(=O)(=O)O)cc(O)c2c1. The summed E-state index contributed by atoms with van der Waals surface area (Å²) in [7, 11) is -8.59. The molecule has 4 aromatic rings. The summed E-state index contributed by atoms with van der Waals surface area (Å²) in [5.41, 5.74) is 6.48. The minimum atomic E-state index is -4.75. The molecule has 0 aliphatic carbocycles. The van der Waals surface area contributed by atoms with E-state index < -0.39 is 30.8 Å². The predicted octanol–water partition coefficient (Wildman–Crippen LogP) is 4.59. The van der Waals surface area contributed by atoms with Gasteiger partial charge in [-0.3, -0.25) is 9.27 Å². The van der Waals surface area contributed by atoms with Gasteiger partial charge in [-0.2, -0.15) is 13.5 Å². The highest BCUT2D eigenvalue weighted by Crippen LogP contribution is 2.40. The van der Waals surface area contributed by atoms with E-state index in [-0.39, 0.29) is 27.0 Å². The first-order valence-electron chi connectivity index (χ1n) is 9.67. The number of azo groups is 1. The Morgan fingerprint density at radius 3 is 2.12 bits per heavy atom. The molecule has 0 unspecified atom stereocenters. The Kier molecular flexibility index (Phi) is 5.96. The number of anilines is 2. The summed E-state index contributed by atoms with van der Waals surface area (Å²) in [5.74, 6) is -0.408. The minimum absolute atomic E-state index is 0.0144. The van der Waals surface area contributed by atoms with Crippen molar-refractivity contribution >= 4 is 53.7 Å². The van der Waals surface area contributed by atoms with Crippen molar-refractivity contribution in [2.45, 2.75) is 9.79 Å². The van der Waals surface area contributed by atoms with Gasteiger partial charge in [0, 0.05) is 28.2 Å². The zero-order valence-electron chi connectivity index (χ0n) is 17.3. The van der Waals surface area contributed by atoms with Crippen LogP contribution in [-0.4, -0.2) is 26.5 Å². The Morgan fingerprint density at radius 1 is 0.794 bits per heavy atom. The van der Waals surface area contributed by atoms with Crippen molar-refractivity contribution in [1.82, 2.24) is 0 Å². The second-order valence-corrected chi connectivity index (χ2v) is 10.3. The number of hydrogen-bond acceptors (Lipinski definition) is 8. The fraction of sp³-hybridized carbons (Fsp3) is 0. The molecule has 0 aliphatic rings. The fourth-order valence-electron chi connectivity index (χ4n) is 3.20. The van der Waals surface area contributed by atoms with E-state index in [4.69, 9.17) is 5.73 Å². The van der Waals surface area contributed by atoms with Crippen molar-refractivity contribution in [3.63, 3.8) is 0 Å².